The zero-order valence-electron chi connectivity index (χ0n) is 10.3. The molecule has 0 spiro atoms. The first-order valence-corrected chi connectivity index (χ1v) is 5.51. The van der Waals surface area contributed by atoms with Crippen molar-refractivity contribution in [1.29, 1.82) is 0 Å². The van der Waals surface area contributed by atoms with Crippen LogP contribution in [0, 0.1) is 0 Å². The number of nitrogens with zero attached hydrogens (tertiary/aromatic N) is 1. The van der Waals surface area contributed by atoms with Crippen molar-refractivity contribution in [2.45, 2.75) is 45.7 Å². The molecule has 0 aliphatic carbocycles. The van der Waals surface area contributed by atoms with Crippen LogP contribution in [0.25, 0.3) is 0 Å². The van der Waals surface area contributed by atoms with E-state index in [-0.39, 0.29) is 5.54 Å². The van der Waals surface area contributed by atoms with E-state index in [1.54, 1.807) is 7.11 Å². The first-order valence-electron chi connectivity index (χ1n) is 5.51. The molecule has 0 saturated carbocycles. The molecule has 0 aromatic carbocycles. The van der Waals surface area contributed by atoms with E-state index in [0.29, 0.717) is 19.2 Å². The van der Waals surface area contributed by atoms with Crippen LogP contribution in [0.5, 0.6) is 0 Å². The van der Waals surface area contributed by atoms with Gasteiger partial charge in [-0.3, -0.25) is 4.90 Å². The number of methoxy groups -OCH3 is 1. The molecule has 14 heavy (non-hydrogen) atoms. The highest BCUT2D eigenvalue weighted by Crippen LogP contribution is 2.18. The van der Waals surface area contributed by atoms with Gasteiger partial charge in [0.25, 0.3) is 0 Å². The van der Waals surface area contributed by atoms with Gasteiger partial charge in [-0.1, -0.05) is 13.8 Å². The molecule has 0 amide bonds. The quantitative estimate of drug-likeness (QED) is 0.679. The van der Waals surface area contributed by atoms with Gasteiger partial charge < -0.3 is 10.5 Å². The third-order valence-electron chi connectivity index (χ3n) is 3.05. The summed E-state index contributed by atoms with van der Waals surface area (Å²) >= 11 is 0. The van der Waals surface area contributed by atoms with Crippen molar-refractivity contribution in [2.24, 2.45) is 5.73 Å². The minimum absolute atomic E-state index is 0.0288. The van der Waals surface area contributed by atoms with Crippen LogP contribution in [0.1, 0.15) is 34.1 Å². The average molecular weight is 202 g/mol. The largest absolute Gasteiger partial charge is 0.383 e. The summed E-state index contributed by atoms with van der Waals surface area (Å²) in [5, 5.41) is 0. The highest BCUT2D eigenvalue weighted by molar-refractivity contribution is 4.89. The summed E-state index contributed by atoms with van der Waals surface area (Å²) in [6, 6.07) is 0.559. The van der Waals surface area contributed by atoms with Gasteiger partial charge in [0.2, 0.25) is 0 Å². The maximum Gasteiger partial charge on any atom is 0.0656 e. The second-order valence-corrected chi connectivity index (χ2v) is 4.18. The van der Waals surface area contributed by atoms with Crippen molar-refractivity contribution in [3.8, 4) is 0 Å². The first-order chi connectivity index (χ1) is 6.55. The molecular weight excluding hydrogens is 176 g/mol. The van der Waals surface area contributed by atoms with Crippen LogP contribution in [-0.4, -0.2) is 43.3 Å². The molecule has 0 aromatic heterocycles. The topological polar surface area (TPSA) is 38.5 Å². The minimum Gasteiger partial charge on any atom is -0.383 e. The van der Waals surface area contributed by atoms with Crippen LogP contribution in [0.2, 0.25) is 0 Å². The van der Waals surface area contributed by atoms with Gasteiger partial charge in [0.1, 0.15) is 0 Å². The summed E-state index contributed by atoms with van der Waals surface area (Å²) in [5.74, 6) is 0. The molecule has 0 heterocycles. The molecule has 3 heteroatoms. The molecule has 0 bridgehead atoms. The Bertz CT molecular complexity index is 152. The lowest BCUT2D eigenvalue weighted by molar-refractivity contribution is 0.00596. The third kappa shape index (κ3) is 3.23. The Balaban J connectivity index is 4.57. The van der Waals surface area contributed by atoms with E-state index in [1.807, 2.05) is 0 Å². The van der Waals surface area contributed by atoms with E-state index in [2.05, 4.69) is 32.6 Å². The van der Waals surface area contributed by atoms with Gasteiger partial charge in [0, 0.05) is 19.7 Å². The Kier molecular flexibility index (Phi) is 6.33. The van der Waals surface area contributed by atoms with E-state index < -0.39 is 0 Å². The smallest absolute Gasteiger partial charge is 0.0656 e. The van der Waals surface area contributed by atoms with Gasteiger partial charge in [0.15, 0.2) is 0 Å². The van der Waals surface area contributed by atoms with E-state index in [9.17, 15) is 0 Å². The van der Waals surface area contributed by atoms with Crippen LogP contribution in [0.15, 0.2) is 0 Å². The maximum absolute atomic E-state index is 5.84. The zero-order chi connectivity index (χ0) is 11.2. The lowest BCUT2D eigenvalue weighted by Crippen LogP contribution is -2.57. The van der Waals surface area contributed by atoms with Gasteiger partial charge >= 0.3 is 0 Å². The molecule has 0 radical (unpaired) electrons. The number of hydrogen-bond donors (Lipinski definition) is 1. The summed E-state index contributed by atoms with van der Waals surface area (Å²) < 4.78 is 5.25. The molecule has 2 unspecified atom stereocenters. The molecule has 0 fully saturated rings. The van der Waals surface area contributed by atoms with Gasteiger partial charge in [-0.2, -0.15) is 0 Å². The van der Waals surface area contributed by atoms with Crippen LogP contribution in [0.4, 0.5) is 0 Å². The van der Waals surface area contributed by atoms with Crippen molar-refractivity contribution in [2.75, 3.05) is 26.8 Å². The fourth-order valence-corrected chi connectivity index (χ4v) is 2.02. The standard InChI is InChI=1S/C11H26N2O/c1-6-10(3)13(7-2)11(4,8-12)9-14-5/h10H,6-9,12H2,1-5H3. The summed E-state index contributed by atoms with van der Waals surface area (Å²) in [6.07, 6.45) is 1.15. The second kappa shape index (κ2) is 6.38. The molecule has 0 rings (SSSR count). The molecule has 0 saturated heterocycles. The summed E-state index contributed by atoms with van der Waals surface area (Å²) in [7, 11) is 1.73. The molecule has 0 aliphatic rings. The van der Waals surface area contributed by atoms with Gasteiger partial charge in [0.05, 0.1) is 12.1 Å². The first kappa shape index (κ1) is 13.9. The molecule has 0 aliphatic heterocycles. The molecule has 3 nitrogen and oxygen atoms in total. The summed E-state index contributed by atoms with van der Waals surface area (Å²) in [4.78, 5) is 2.43. The number of likely N-dealkylation sites (N-methyl/N-ethyl adjacent to an activating group) is 1. The number of ether oxygens (including phenoxy) is 1. The summed E-state index contributed by atoms with van der Waals surface area (Å²) in [5.41, 5.74) is 5.81. The fourth-order valence-electron chi connectivity index (χ4n) is 2.02. The van der Waals surface area contributed by atoms with Crippen molar-refractivity contribution >= 4 is 0 Å². The van der Waals surface area contributed by atoms with Crippen molar-refractivity contribution in [3.63, 3.8) is 0 Å². The monoisotopic (exact) mass is 202 g/mol. The van der Waals surface area contributed by atoms with Gasteiger partial charge in [-0.25, -0.2) is 0 Å². The highest BCUT2D eigenvalue weighted by atomic mass is 16.5. The molecule has 86 valence electrons. The van der Waals surface area contributed by atoms with Crippen molar-refractivity contribution in [1.82, 2.24) is 4.90 Å². The molecular formula is C11H26N2O. The molecule has 2 atom stereocenters. The Morgan fingerprint density at radius 1 is 1.43 bits per heavy atom. The zero-order valence-corrected chi connectivity index (χ0v) is 10.3. The maximum atomic E-state index is 5.84. The normalized spacial score (nSPS) is 18.2. The fraction of sp³-hybridized carbons (Fsp3) is 1.00. The number of rotatable bonds is 7. The van der Waals surface area contributed by atoms with Crippen molar-refractivity contribution < 1.29 is 4.74 Å². The van der Waals surface area contributed by atoms with Gasteiger partial charge in [-0.05, 0) is 26.8 Å². The second-order valence-electron chi connectivity index (χ2n) is 4.18. The predicted octanol–water partition coefficient (Wildman–Crippen LogP) is 1.47. The van der Waals surface area contributed by atoms with Crippen LogP contribution in [-0.2, 0) is 4.74 Å². The van der Waals surface area contributed by atoms with Gasteiger partial charge in [-0.15, -0.1) is 0 Å². The van der Waals surface area contributed by atoms with Crippen molar-refractivity contribution in [3.05, 3.63) is 0 Å². The van der Waals surface area contributed by atoms with E-state index in [1.165, 1.54) is 0 Å². The Morgan fingerprint density at radius 3 is 2.29 bits per heavy atom. The third-order valence-corrected chi connectivity index (χ3v) is 3.05. The van der Waals surface area contributed by atoms with E-state index in [0.717, 1.165) is 13.0 Å². The Labute approximate surface area is 88.6 Å². The highest BCUT2D eigenvalue weighted by Gasteiger charge is 2.31. The SMILES string of the molecule is CCC(C)N(CC)C(C)(CN)COC. The van der Waals surface area contributed by atoms with E-state index >= 15 is 0 Å². The lowest BCUT2D eigenvalue weighted by Gasteiger charge is -2.43. The minimum atomic E-state index is -0.0288. The van der Waals surface area contributed by atoms with Crippen LogP contribution in [0.3, 0.4) is 0 Å². The molecule has 0 aromatic rings. The number of nitrogens with two attached hydrogens (primary N) is 1. The Hall–Kier alpha value is -0.120. The Morgan fingerprint density at radius 2 is 2.00 bits per heavy atom. The number of hydrogen-bond acceptors (Lipinski definition) is 3. The average Bonchev–Trinajstić information content (AvgIpc) is 2.19. The van der Waals surface area contributed by atoms with Crippen LogP contribution < -0.4 is 5.73 Å². The predicted molar refractivity (Wildman–Crippen MR) is 61.5 cm³/mol. The van der Waals surface area contributed by atoms with Crippen LogP contribution >= 0.6 is 0 Å². The summed E-state index contributed by atoms with van der Waals surface area (Å²) in [6.45, 7) is 11.2. The molecule has 2 N–H and O–H groups in total. The van der Waals surface area contributed by atoms with E-state index in [4.69, 9.17) is 10.5 Å². The lowest BCUT2D eigenvalue weighted by atomic mass is 9.98.